The second kappa shape index (κ2) is 18.1. The number of aryl methyl sites for hydroxylation is 2. The van der Waals surface area contributed by atoms with Crippen LogP contribution in [0.2, 0.25) is 0 Å². The summed E-state index contributed by atoms with van der Waals surface area (Å²) < 4.78 is 0. The lowest BCUT2D eigenvalue weighted by Gasteiger charge is -2.11. The normalized spacial score (nSPS) is 10.5. The number of carbonyl (C=O) groups is 4. The summed E-state index contributed by atoms with van der Waals surface area (Å²) in [5.41, 5.74) is 5.67. The number of nitrogens with one attached hydrogen (secondary N) is 2. The van der Waals surface area contributed by atoms with E-state index >= 15 is 0 Å². The number of carboxylic acids is 2. The molecule has 52 heavy (non-hydrogen) atoms. The van der Waals surface area contributed by atoms with Crippen LogP contribution in [0.1, 0.15) is 63.7 Å². The van der Waals surface area contributed by atoms with E-state index in [1.165, 1.54) is 11.6 Å². The molecule has 6 rings (SSSR count). The van der Waals surface area contributed by atoms with Crippen molar-refractivity contribution in [1.29, 1.82) is 0 Å². The zero-order chi connectivity index (χ0) is 36.7. The van der Waals surface area contributed by atoms with Crippen molar-refractivity contribution in [2.45, 2.75) is 12.8 Å². The van der Waals surface area contributed by atoms with Gasteiger partial charge in [-0.25, -0.2) is 9.59 Å². The fraction of sp³-hybridized carbons (Fsp3) is 0.0455. The van der Waals surface area contributed by atoms with E-state index in [-0.39, 0.29) is 28.6 Å². The monoisotopic (exact) mass is 688 g/mol. The summed E-state index contributed by atoms with van der Waals surface area (Å²) in [5, 5.41) is 24.2. The van der Waals surface area contributed by atoms with Gasteiger partial charge in [0, 0.05) is 11.1 Å². The third-order valence-electron chi connectivity index (χ3n) is 7.97. The molecule has 0 saturated carbocycles. The molecule has 0 aliphatic carbocycles. The molecule has 0 heterocycles. The molecule has 6 aromatic carbocycles. The van der Waals surface area contributed by atoms with E-state index < -0.39 is 11.9 Å². The Morgan fingerprint density at radius 1 is 0.442 bits per heavy atom. The van der Waals surface area contributed by atoms with Crippen LogP contribution in [-0.4, -0.2) is 34.0 Å². The molecule has 2 amide bonds. The highest BCUT2D eigenvalue weighted by Gasteiger charge is 2.15. The lowest BCUT2D eigenvalue weighted by atomic mass is 10.0. The number of hydrogen-bond acceptors (Lipinski definition) is 4. The largest absolute Gasteiger partial charge is 0.478 e. The van der Waals surface area contributed by atoms with Crippen LogP contribution < -0.4 is 10.6 Å². The molecule has 6 aromatic rings. The number of hydrogen-bond donors (Lipinski definition) is 4. The van der Waals surface area contributed by atoms with Crippen LogP contribution in [0.5, 0.6) is 0 Å². The van der Waals surface area contributed by atoms with Crippen LogP contribution in [0.3, 0.4) is 0 Å². The first kappa shape index (κ1) is 36.2. The SMILES string of the molecule is O=C(Nc1cc(/C=C/c2ccccc2)ccc1C(=O)O)c1ccccc1.O=C(Nc1cc(CCc2ccccc2)ccc1C(=O)O)c1ccccc1. The summed E-state index contributed by atoms with van der Waals surface area (Å²) in [6.07, 6.45) is 5.41. The van der Waals surface area contributed by atoms with Gasteiger partial charge in [-0.2, -0.15) is 0 Å². The molecular formula is C44H36N2O6. The Balaban J connectivity index is 0.000000201. The molecule has 8 nitrogen and oxygen atoms in total. The van der Waals surface area contributed by atoms with Gasteiger partial charge in [-0.15, -0.1) is 0 Å². The fourth-order valence-corrected chi connectivity index (χ4v) is 5.25. The minimum Gasteiger partial charge on any atom is -0.478 e. The van der Waals surface area contributed by atoms with Crippen LogP contribution in [0, 0.1) is 0 Å². The van der Waals surface area contributed by atoms with Crippen LogP contribution in [0.15, 0.2) is 158 Å². The van der Waals surface area contributed by atoms with Gasteiger partial charge in [-0.05, 0) is 83.6 Å². The van der Waals surface area contributed by atoms with E-state index in [4.69, 9.17) is 0 Å². The molecule has 0 spiro atoms. The molecule has 4 N–H and O–H groups in total. The Bertz CT molecular complexity index is 2170. The fourth-order valence-electron chi connectivity index (χ4n) is 5.25. The summed E-state index contributed by atoms with van der Waals surface area (Å²) in [6.45, 7) is 0. The third kappa shape index (κ3) is 10.5. The van der Waals surface area contributed by atoms with E-state index in [9.17, 15) is 29.4 Å². The van der Waals surface area contributed by atoms with Crippen molar-refractivity contribution in [3.05, 3.63) is 202 Å². The van der Waals surface area contributed by atoms with Crippen molar-refractivity contribution in [1.82, 2.24) is 0 Å². The van der Waals surface area contributed by atoms with Gasteiger partial charge >= 0.3 is 11.9 Å². The first-order chi connectivity index (χ1) is 25.3. The van der Waals surface area contributed by atoms with Gasteiger partial charge in [0.15, 0.2) is 0 Å². The molecule has 0 aliphatic heterocycles. The molecule has 0 aromatic heterocycles. The van der Waals surface area contributed by atoms with E-state index in [2.05, 4.69) is 22.8 Å². The van der Waals surface area contributed by atoms with Gasteiger partial charge in [0.25, 0.3) is 11.8 Å². The Morgan fingerprint density at radius 2 is 0.865 bits per heavy atom. The van der Waals surface area contributed by atoms with Crippen LogP contribution >= 0.6 is 0 Å². The Morgan fingerprint density at radius 3 is 1.38 bits per heavy atom. The highest BCUT2D eigenvalue weighted by Crippen LogP contribution is 2.22. The molecule has 0 atom stereocenters. The number of anilines is 2. The molecular weight excluding hydrogens is 652 g/mol. The number of carboxylic acid groups (broad SMARTS) is 2. The smallest absolute Gasteiger partial charge is 0.337 e. The van der Waals surface area contributed by atoms with Crippen molar-refractivity contribution in [3.8, 4) is 0 Å². The average Bonchev–Trinajstić information content (AvgIpc) is 3.18. The number of carbonyl (C=O) groups excluding carboxylic acids is 2. The van der Waals surface area contributed by atoms with E-state index in [0.717, 1.165) is 29.5 Å². The van der Waals surface area contributed by atoms with Gasteiger partial charge in [-0.1, -0.05) is 121 Å². The summed E-state index contributed by atoms with van der Waals surface area (Å²) in [6, 6.07) is 47.2. The number of aromatic carboxylic acids is 2. The van der Waals surface area contributed by atoms with Crippen molar-refractivity contribution < 1.29 is 29.4 Å². The molecule has 0 fully saturated rings. The molecule has 0 bridgehead atoms. The molecule has 258 valence electrons. The first-order valence-corrected chi connectivity index (χ1v) is 16.5. The zero-order valence-electron chi connectivity index (χ0n) is 28.1. The average molecular weight is 689 g/mol. The van der Waals surface area contributed by atoms with Crippen LogP contribution in [0.25, 0.3) is 12.2 Å². The summed E-state index contributed by atoms with van der Waals surface area (Å²) in [7, 11) is 0. The molecule has 0 radical (unpaired) electrons. The number of rotatable bonds is 11. The predicted molar refractivity (Wildman–Crippen MR) is 205 cm³/mol. The van der Waals surface area contributed by atoms with Crippen LogP contribution in [0.4, 0.5) is 11.4 Å². The minimum absolute atomic E-state index is 0.0474. The predicted octanol–water partition coefficient (Wildman–Crippen LogP) is 9.23. The molecule has 0 saturated heterocycles. The highest BCUT2D eigenvalue weighted by atomic mass is 16.4. The maximum absolute atomic E-state index is 12.4. The molecule has 0 unspecified atom stereocenters. The van der Waals surface area contributed by atoms with Crippen molar-refractivity contribution in [3.63, 3.8) is 0 Å². The maximum atomic E-state index is 12.4. The molecule has 8 heteroatoms. The van der Waals surface area contributed by atoms with E-state index in [1.54, 1.807) is 78.9 Å². The standard InChI is InChI=1S/C22H19NO3.C22H17NO3/c2*24-21(18-9-5-2-6-10-18)23-20-15-17(13-14-19(20)22(25)26)12-11-16-7-3-1-4-8-16/h1-10,13-15H,11-12H2,(H,23,24)(H,25,26);1-15H,(H,23,24)(H,25,26)/b;12-11+. The van der Waals surface area contributed by atoms with E-state index in [1.807, 2.05) is 72.8 Å². The second-order valence-electron chi connectivity index (χ2n) is 11.7. The van der Waals surface area contributed by atoms with Gasteiger partial charge in [0.2, 0.25) is 0 Å². The number of benzene rings is 6. The lowest BCUT2D eigenvalue weighted by molar-refractivity contribution is 0.0687. The summed E-state index contributed by atoms with van der Waals surface area (Å²) in [4.78, 5) is 47.7. The number of amides is 2. The summed E-state index contributed by atoms with van der Waals surface area (Å²) in [5.74, 6) is -2.83. The second-order valence-corrected chi connectivity index (χ2v) is 11.7. The topological polar surface area (TPSA) is 133 Å². The minimum atomic E-state index is -1.09. The van der Waals surface area contributed by atoms with Gasteiger partial charge < -0.3 is 20.8 Å². The third-order valence-corrected chi connectivity index (χ3v) is 7.97. The van der Waals surface area contributed by atoms with Crippen LogP contribution in [-0.2, 0) is 12.8 Å². The van der Waals surface area contributed by atoms with Crippen molar-refractivity contribution in [2.75, 3.05) is 10.6 Å². The van der Waals surface area contributed by atoms with Gasteiger partial charge in [-0.3, -0.25) is 9.59 Å². The quantitative estimate of drug-likeness (QED) is 0.100. The zero-order valence-corrected chi connectivity index (χ0v) is 28.1. The van der Waals surface area contributed by atoms with Crippen molar-refractivity contribution >= 4 is 47.3 Å². The Kier molecular flexibility index (Phi) is 12.6. The first-order valence-electron chi connectivity index (χ1n) is 16.5. The van der Waals surface area contributed by atoms with E-state index in [0.29, 0.717) is 16.8 Å². The Hall–Kier alpha value is -7.06. The van der Waals surface area contributed by atoms with Crippen molar-refractivity contribution in [2.24, 2.45) is 0 Å². The highest BCUT2D eigenvalue weighted by molar-refractivity contribution is 6.08. The summed E-state index contributed by atoms with van der Waals surface area (Å²) >= 11 is 0. The maximum Gasteiger partial charge on any atom is 0.337 e. The lowest BCUT2D eigenvalue weighted by Crippen LogP contribution is -2.15. The van der Waals surface area contributed by atoms with Gasteiger partial charge in [0.1, 0.15) is 0 Å². The van der Waals surface area contributed by atoms with Gasteiger partial charge in [0.05, 0.1) is 22.5 Å². The Labute approximate surface area is 301 Å². The molecule has 0 aliphatic rings.